The monoisotopic (exact) mass is 229 g/mol. The van der Waals surface area contributed by atoms with Gasteiger partial charge in [-0.1, -0.05) is 13.8 Å². The third kappa shape index (κ3) is 3.64. The number of nitrogens with one attached hydrogen (secondary N) is 1. The van der Waals surface area contributed by atoms with E-state index in [0.29, 0.717) is 11.7 Å². The Morgan fingerprint density at radius 1 is 1.47 bits per heavy atom. The van der Waals surface area contributed by atoms with E-state index in [-0.39, 0.29) is 17.9 Å². The second-order valence-corrected chi connectivity index (χ2v) is 4.18. The predicted octanol–water partition coefficient (Wildman–Crippen LogP) is 1.87. The van der Waals surface area contributed by atoms with Gasteiger partial charge < -0.3 is 10.4 Å². The molecule has 0 aliphatic rings. The van der Waals surface area contributed by atoms with E-state index in [1.54, 1.807) is 6.07 Å². The van der Waals surface area contributed by atoms with Crippen LogP contribution in [-0.2, 0) is 0 Å². The van der Waals surface area contributed by atoms with Crippen LogP contribution in [0.3, 0.4) is 0 Å². The van der Waals surface area contributed by atoms with Crippen LogP contribution < -0.4 is 5.32 Å². The molecule has 0 saturated heterocycles. The van der Waals surface area contributed by atoms with Crippen molar-refractivity contribution < 1.29 is 5.11 Å². The number of aliphatic hydroxyl groups excluding tert-OH is 1. The number of anilines is 1. The number of nitrogens with zero attached hydrogens (tertiary/aromatic N) is 2. The molecule has 0 fully saturated rings. The number of halogens is 1. The molecular formula is C10H16ClN3O. The number of hydrogen-bond donors (Lipinski definition) is 2. The molecule has 1 heterocycles. The molecule has 0 aliphatic carbocycles. The Labute approximate surface area is 94.7 Å². The highest BCUT2D eigenvalue weighted by Crippen LogP contribution is 2.13. The second kappa shape index (κ2) is 5.28. The first kappa shape index (κ1) is 12.2. The van der Waals surface area contributed by atoms with E-state index in [4.69, 9.17) is 16.7 Å². The van der Waals surface area contributed by atoms with Gasteiger partial charge in [0.05, 0.1) is 12.6 Å². The molecule has 1 atom stereocenters. The summed E-state index contributed by atoms with van der Waals surface area (Å²) in [5.41, 5.74) is 0.804. The molecule has 0 spiro atoms. The average Bonchev–Trinajstić information content (AvgIpc) is 2.12. The van der Waals surface area contributed by atoms with Crippen molar-refractivity contribution in [3.8, 4) is 0 Å². The molecule has 5 heteroatoms. The molecular weight excluding hydrogens is 214 g/mol. The van der Waals surface area contributed by atoms with Gasteiger partial charge in [0.1, 0.15) is 5.82 Å². The minimum atomic E-state index is -0.0182. The van der Waals surface area contributed by atoms with E-state index < -0.39 is 0 Å². The molecule has 1 unspecified atom stereocenters. The van der Waals surface area contributed by atoms with Crippen LogP contribution in [0.2, 0.25) is 5.28 Å². The van der Waals surface area contributed by atoms with Gasteiger partial charge in [0.15, 0.2) is 0 Å². The maximum Gasteiger partial charge on any atom is 0.224 e. The van der Waals surface area contributed by atoms with E-state index in [1.807, 2.05) is 20.8 Å². The molecule has 1 aromatic rings. The first-order chi connectivity index (χ1) is 7.02. The fraction of sp³-hybridized carbons (Fsp3) is 0.600. The maximum atomic E-state index is 9.16. The molecule has 15 heavy (non-hydrogen) atoms. The highest BCUT2D eigenvalue weighted by molar-refractivity contribution is 6.28. The first-order valence-corrected chi connectivity index (χ1v) is 5.29. The van der Waals surface area contributed by atoms with E-state index >= 15 is 0 Å². The summed E-state index contributed by atoms with van der Waals surface area (Å²) in [7, 11) is 0. The summed E-state index contributed by atoms with van der Waals surface area (Å²) in [4.78, 5) is 8.00. The van der Waals surface area contributed by atoms with E-state index in [0.717, 1.165) is 5.69 Å². The highest BCUT2D eigenvalue weighted by Gasteiger charge is 2.12. The van der Waals surface area contributed by atoms with Crippen molar-refractivity contribution in [1.29, 1.82) is 0 Å². The molecule has 0 bridgehead atoms. The minimum Gasteiger partial charge on any atom is -0.394 e. The second-order valence-electron chi connectivity index (χ2n) is 3.84. The lowest BCUT2D eigenvalue weighted by Gasteiger charge is -2.20. The van der Waals surface area contributed by atoms with Crippen molar-refractivity contribution in [3.05, 3.63) is 17.0 Å². The molecule has 0 radical (unpaired) electrons. The quantitative estimate of drug-likeness (QED) is 0.774. The highest BCUT2D eigenvalue weighted by atomic mass is 35.5. The lowest BCUT2D eigenvalue weighted by Crippen LogP contribution is -2.29. The number of aliphatic hydroxyl groups is 1. The summed E-state index contributed by atoms with van der Waals surface area (Å²) in [6.45, 7) is 5.98. The van der Waals surface area contributed by atoms with Crippen LogP contribution in [0.4, 0.5) is 5.82 Å². The van der Waals surface area contributed by atoms with Crippen molar-refractivity contribution in [3.63, 3.8) is 0 Å². The Balaban J connectivity index is 2.79. The molecule has 1 aromatic heterocycles. The lowest BCUT2D eigenvalue weighted by molar-refractivity contribution is 0.249. The molecule has 0 aliphatic heterocycles. The predicted molar refractivity (Wildman–Crippen MR) is 61.1 cm³/mol. The van der Waals surface area contributed by atoms with Crippen LogP contribution >= 0.6 is 11.6 Å². The molecule has 0 saturated carbocycles. The SMILES string of the molecule is Cc1cc(NC(CO)C(C)C)nc(Cl)n1. The summed E-state index contributed by atoms with van der Waals surface area (Å²) in [5, 5.41) is 12.5. The fourth-order valence-corrected chi connectivity index (χ4v) is 1.44. The molecule has 2 N–H and O–H groups in total. The van der Waals surface area contributed by atoms with Gasteiger partial charge in [-0.25, -0.2) is 9.97 Å². The van der Waals surface area contributed by atoms with Crippen LogP contribution in [0.5, 0.6) is 0 Å². The van der Waals surface area contributed by atoms with E-state index in [1.165, 1.54) is 0 Å². The zero-order valence-corrected chi connectivity index (χ0v) is 9.91. The van der Waals surface area contributed by atoms with Gasteiger partial charge in [0.25, 0.3) is 0 Å². The standard InChI is InChI=1S/C10H16ClN3O/c1-6(2)8(5-15)13-9-4-7(3)12-10(11)14-9/h4,6,8,15H,5H2,1-3H3,(H,12,13,14). The molecule has 0 amide bonds. The largest absolute Gasteiger partial charge is 0.394 e. The van der Waals surface area contributed by atoms with Gasteiger partial charge in [-0.15, -0.1) is 0 Å². The van der Waals surface area contributed by atoms with E-state index in [2.05, 4.69) is 15.3 Å². The Morgan fingerprint density at radius 2 is 2.13 bits per heavy atom. The summed E-state index contributed by atoms with van der Waals surface area (Å²) in [6, 6.07) is 1.78. The third-order valence-corrected chi connectivity index (χ3v) is 2.33. The van der Waals surface area contributed by atoms with Crippen molar-refractivity contribution in [1.82, 2.24) is 9.97 Å². The summed E-state index contributed by atoms with van der Waals surface area (Å²) in [5.74, 6) is 0.976. The zero-order chi connectivity index (χ0) is 11.4. The Morgan fingerprint density at radius 3 is 2.60 bits per heavy atom. The fourth-order valence-electron chi connectivity index (χ4n) is 1.22. The average molecular weight is 230 g/mol. The van der Waals surface area contributed by atoms with Crippen LogP contribution in [-0.4, -0.2) is 27.7 Å². The molecule has 0 aromatic carbocycles. The van der Waals surface area contributed by atoms with Crippen LogP contribution in [0.15, 0.2) is 6.07 Å². The smallest absolute Gasteiger partial charge is 0.224 e. The number of aromatic nitrogens is 2. The molecule has 1 rings (SSSR count). The van der Waals surface area contributed by atoms with Crippen molar-refractivity contribution in [2.75, 3.05) is 11.9 Å². The van der Waals surface area contributed by atoms with Crippen LogP contribution in [0.25, 0.3) is 0 Å². The van der Waals surface area contributed by atoms with Crippen LogP contribution in [0, 0.1) is 12.8 Å². The lowest BCUT2D eigenvalue weighted by atomic mass is 10.1. The molecule has 84 valence electrons. The van der Waals surface area contributed by atoms with Gasteiger partial charge in [-0.2, -0.15) is 0 Å². The van der Waals surface area contributed by atoms with Gasteiger partial charge in [-0.3, -0.25) is 0 Å². The number of rotatable bonds is 4. The number of hydrogen-bond acceptors (Lipinski definition) is 4. The van der Waals surface area contributed by atoms with E-state index in [9.17, 15) is 0 Å². The Hall–Kier alpha value is -0.870. The third-order valence-electron chi connectivity index (χ3n) is 2.16. The van der Waals surface area contributed by atoms with Crippen LogP contribution in [0.1, 0.15) is 19.5 Å². The Kier molecular flexibility index (Phi) is 4.29. The summed E-state index contributed by atoms with van der Waals surface area (Å²) >= 11 is 5.73. The van der Waals surface area contributed by atoms with Gasteiger partial charge >= 0.3 is 0 Å². The minimum absolute atomic E-state index is 0.0182. The topological polar surface area (TPSA) is 58.0 Å². The van der Waals surface area contributed by atoms with Crippen molar-refractivity contribution in [2.24, 2.45) is 5.92 Å². The molecule has 4 nitrogen and oxygen atoms in total. The zero-order valence-electron chi connectivity index (χ0n) is 9.16. The normalized spacial score (nSPS) is 12.9. The Bertz CT molecular complexity index is 310. The summed E-state index contributed by atoms with van der Waals surface area (Å²) in [6.07, 6.45) is 0. The first-order valence-electron chi connectivity index (χ1n) is 4.91. The van der Waals surface area contributed by atoms with Crippen molar-refractivity contribution in [2.45, 2.75) is 26.8 Å². The van der Waals surface area contributed by atoms with Crippen molar-refractivity contribution >= 4 is 17.4 Å². The van der Waals surface area contributed by atoms with Gasteiger partial charge in [0.2, 0.25) is 5.28 Å². The van der Waals surface area contributed by atoms with Gasteiger partial charge in [-0.05, 0) is 24.4 Å². The maximum absolute atomic E-state index is 9.16. The number of aryl methyl sites for hydroxylation is 1. The summed E-state index contributed by atoms with van der Waals surface area (Å²) < 4.78 is 0. The van der Waals surface area contributed by atoms with Gasteiger partial charge in [0, 0.05) is 11.8 Å².